The van der Waals surface area contributed by atoms with E-state index in [9.17, 15) is 4.79 Å². The Hall–Kier alpha value is -1.68. The molecular weight excluding hydrogens is 268 g/mol. The van der Waals surface area contributed by atoms with Crippen LogP contribution in [0.5, 0.6) is 0 Å². The van der Waals surface area contributed by atoms with Crippen LogP contribution in [0, 0.1) is 6.92 Å². The number of amides is 1. The van der Waals surface area contributed by atoms with E-state index < -0.39 is 0 Å². The number of nitrogens with zero attached hydrogens (tertiary/aromatic N) is 1. The van der Waals surface area contributed by atoms with E-state index in [0.29, 0.717) is 0 Å². The summed E-state index contributed by atoms with van der Waals surface area (Å²) in [6, 6.07) is 8.74. The molecule has 0 saturated heterocycles. The van der Waals surface area contributed by atoms with Gasteiger partial charge in [0.05, 0.1) is 10.7 Å². The molecule has 0 aliphatic carbocycles. The van der Waals surface area contributed by atoms with Gasteiger partial charge in [0.2, 0.25) is 5.91 Å². The van der Waals surface area contributed by atoms with E-state index in [4.69, 9.17) is 0 Å². The fraction of sp³-hybridized carbons (Fsp3) is 0.375. The molecule has 0 spiro atoms. The number of aromatic nitrogens is 1. The molecule has 2 rings (SSSR count). The van der Waals surface area contributed by atoms with Crippen molar-refractivity contribution in [1.82, 2.24) is 10.3 Å². The van der Waals surface area contributed by atoms with Crippen LogP contribution in [0.15, 0.2) is 29.6 Å². The third kappa shape index (κ3) is 4.17. The molecule has 20 heavy (non-hydrogen) atoms. The number of hydrogen-bond donors (Lipinski definition) is 1. The van der Waals surface area contributed by atoms with E-state index in [1.807, 2.05) is 13.8 Å². The normalized spacial score (nSPS) is 12.2. The maximum Gasteiger partial charge on any atom is 0.217 e. The van der Waals surface area contributed by atoms with Crippen molar-refractivity contribution in [3.8, 4) is 11.3 Å². The molecule has 3 nitrogen and oxygen atoms in total. The zero-order valence-electron chi connectivity index (χ0n) is 12.1. The highest BCUT2D eigenvalue weighted by molar-refractivity contribution is 7.09. The molecule has 4 heteroatoms. The molecule has 1 amide bonds. The average molecular weight is 288 g/mol. The summed E-state index contributed by atoms with van der Waals surface area (Å²) in [6.07, 6.45) is 1.92. The molecule has 1 aromatic carbocycles. The van der Waals surface area contributed by atoms with Crippen LogP contribution in [0.3, 0.4) is 0 Å². The van der Waals surface area contributed by atoms with E-state index in [2.05, 4.69) is 39.9 Å². The number of aryl methyl sites for hydroxylation is 2. The van der Waals surface area contributed by atoms with Gasteiger partial charge in [-0.25, -0.2) is 4.98 Å². The summed E-state index contributed by atoms with van der Waals surface area (Å²) < 4.78 is 0. The second-order valence-corrected chi connectivity index (χ2v) is 6.15. The summed E-state index contributed by atoms with van der Waals surface area (Å²) in [7, 11) is 0. The minimum Gasteiger partial charge on any atom is -0.354 e. The zero-order valence-corrected chi connectivity index (χ0v) is 13.0. The van der Waals surface area contributed by atoms with Crippen LogP contribution in [-0.4, -0.2) is 16.9 Å². The molecule has 106 valence electrons. The van der Waals surface area contributed by atoms with Crippen molar-refractivity contribution in [2.24, 2.45) is 0 Å². The summed E-state index contributed by atoms with van der Waals surface area (Å²) in [4.78, 5) is 15.4. The lowest BCUT2D eigenvalue weighted by atomic mass is 10.0. The Kier molecular flexibility index (Phi) is 4.90. The van der Waals surface area contributed by atoms with Crippen molar-refractivity contribution in [1.29, 1.82) is 0 Å². The maximum absolute atomic E-state index is 11.0. The first-order valence-corrected chi connectivity index (χ1v) is 7.71. The van der Waals surface area contributed by atoms with Crippen LogP contribution in [0.1, 0.15) is 30.8 Å². The first kappa shape index (κ1) is 14.7. The maximum atomic E-state index is 11.0. The van der Waals surface area contributed by atoms with Gasteiger partial charge in [0.25, 0.3) is 0 Å². The van der Waals surface area contributed by atoms with Crippen LogP contribution < -0.4 is 5.32 Å². The lowest BCUT2D eigenvalue weighted by Crippen LogP contribution is -2.30. The SMILES string of the molecule is CC(=O)N[C@@H](C)CCc1ccc(-c2csc(C)n2)cc1. The minimum absolute atomic E-state index is 0.0340. The second-order valence-electron chi connectivity index (χ2n) is 5.09. The standard InChI is InChI=1S/C16H20N2OS/c1-11(17-12(2)19)4-5-14-6-8-15(9-7-14)16-10-20-13(3)18-16/h6-11H,4-5H2,1-3H3,(H,17,19)/t11-/m0/s1. The molecule has 0 saturated carbocycles. The van der Waals surface area contributed by atoms with Crippen molar-refractivity contribution >= 4 is 17.2 Å². The van der Waals surface area contributed by atoms with Crippen LogP contribution in [0.2, 0.25) is 0 Å². The number of thiazole rings is 1. The average Bonchev–Trinajstić information content (AvgIpc) is 2.83. The number of rotatable bonds is 5. The Morgan fingerprint density at radius 2 is 2.05 bits per heavy atom. The van der Waals surface area contributed by atoms with E-state index in [0.717, 1.165) is 29.1 Å². The van der Waals surface area contributed by atoms with Crippen LogP contribution >= 0.6 is 11.3 Å². The first-order valence-electron chi connectivity index (χ1n) is 6.83. The molecule has 0 radical (unpaired) electrons. The zero-order chi connectivity index (χ0) is 14.5. The lowest BCUT2D eigenvalue weighted by Gasteiger charge is -2.12. The molecule has 0 aliphatic rings. The molecule has 1 atom stereocenters. The molecule has 0 bridgehead atoms. The Labute approximate surface area is 124 Å². The first-order chi connectivity index (χ1) is 9.54. The van der Waals surface area contributed by atoms with Gasteiger partial charge in [0.1, 0.15) is 0 Å². The van der Waals surface area contributed by atoms with Crippen LogP contribution in [0.25, 0.3) is 11.3 Å². The second kappa shape index (κ2) is 6.66. The van der Waals surface area contributed by atoms with Crippen molar-refractivity contribution in [2.45, 2.75) is 39.7 Å². The van der Waals surface area contributed by atoms with Gasteiger partial charge in [0.15, 0.2) is 0 Å². The molecule has 0 aliphatic heterocycles. The van der Waals surface area contributed by atoms with Crippen molar-refractivity contribution in [2.75, 3.05) is 0 Å². The Balaban J connectivity index is 1.93. The van der Waals surface area contributed by atoms with Gasteiger partial charge >= 0.3 is 0 Å². The largest absolute Gasteiger partial charge is 0.354 e. The lowest BCUT2D eigenvalue weighted by molar-refractivity contribution is -0.119. The third-order valence-corrected chi connectivity index (χ3v) is 3.96. The van der Waals surface area contributed by atoms with Gasteiger partial charge in [0, 0.05) is 23.9 Å². The number of carbonyl (C=O) groups is 1. The Bertz CT molecular complexity index is 574. The number of benzene rings is 1. The van der Waals surface area contributed by atoms with E-state index in [-0.39, 0.29) is 11.9 Å². The molecule has 2 aromatic rings. The fourth-order valence-electron chi connectivity index (χ4n) is 2.14. The molecule has 1 aromatic heterocycles. The summed E-state index contributed by atoms with van der Waals surface area (Å²) in [6.45, 7) is 5.61. The van der Waals surface area contributed by atoms with E-state index in [1.54, 1.807) is 18.3 Å². The Morgan fingerprint density at radius 3 is 2.60 bits per heavy atom. The molecular formula is C16H20N2OS. The Morgan fingerprint density at radius 1 is 1.35 bits per heavy atom. The predicted octanol–water partition coefficient (Wildman–Crippen LogP) is 3.58. The smallest absolute Gasteiger partial charge is 0.217 e. The number of nitrogens with one attached hydrogen (secondary N) is 1. The highest BCUT2D eigenvalue weighted by Crippen LogP contribution is 2.22. The molecule has 1 heterocycles. The van der Waals surface area contributed by atoms with Gasteiger partial charge in [-0.15, -0.1) is 11.3 Å². The topological polar surface area (TPSA) is 42.0 Å². The minimum atomic E-state index is 0.0340. The predicted molar refractivity (Wildman–Crippen MR) is 83.9 cm³/mol. The summed E-state index contributed by atoms with van der Waals surface area (Å²) in [5, 5.41) is 6.08. The summed E-state index contributed by atoms with van der Waals surface area (Å²) >= 11 is 1.67. The fourth-order valence-corrected chi connectivity index (χ4v) is 2.76. The third-order valence-electron chi connectivity index (χ3n) is 3.18. The molecule has 0 unspecified atom stereocenters. The van der Waals surface area contributed by atoms with Crippen LogP contribution in [-0.2, 0) is 11.2 Å². The summed E-state index contributed by atoms with van der Waals surface area (Å²) in [5.74, 6) is 0.0340. The molecule has 1 N–H and O–H groups in total. The van der Waals surface area contributed by atoms with Gasteiger partial charge in [-0.1, -0.05) is 24.3 Å². The number of carbonyl (C=O) groups excluding carboxylic acids is 1. The quantitative estimate of drug-likeness (QED) is 0.913. The summed E-state index contributed by atoms with van der Waals surface area (Å²) in [5.41, 5.74) is 3.50. The van der Waals surface area contributed by atoms with Gasteiger partial charge in [-0.3, -0.25) is 4.79 Å². The van der Waals surface area contributed by atoms with Crippen LogP contribution in [0.4, 0.5) is 0 Å². The highest BCUT2D eigenvalue weighted by Gasteiger charge is 2.05. The molecule has 0 fully saturated rings. The van der Waals surface area contributed by atoms with E-state index >= 15 is 0 Å². The highest BCUT2D eigenvalue weighted by atomic mass is 32.1. The monoisotopic (exact) mass is 288 g/mol. The van der Waals surface area contributed by atoms with Crippen molar-refractivity contribution in [3.05, 3.63) is 40.2 Å². The number of hydrogen-bond acceptors (Lipinski definition) is 3. The van der Waals surface area contributed by atoms with E-state index in [1.165, 1.54) is 5.56 Å². The van der Waals surface area contributed by atoms with Gasteiger partial charge < -0.3 is 5.32 Å². The van der Waals surface area contributed by atoms with Crippen molar-refractivity contribution in [3.63, 3.8) is 0 Å². The van der Waals surface area contributed by atoms with Gasteiger partial charge in [-0.05, 0) is 32.3 Å². The van der Waals surface area contributed by atoms with Gasteiger partial charge in [-0.2, -0.15) is 0 Å². The van der Waals surface area contributed by atoms with Crippen molar-refractivity contribution < 1.29 is 4.79 Å².